The second-order valence-corrected chi connectivity index (χ2v) is 5.13. The van der Waals surface area contributed by atoms with Gasteiger partial charge < -0.3 is 5.32 Å². The van der Waals surface area contributed by atoms with Crippen molar-refractivity contribution in [3.05, 3.63) is 29.8 Å². The quantitative estimate of drug-likeness (QED) is 0.861. The van der Waals surface area contributed by atoms with E-state index >= 15 is 0 Å². The number of nitrogens with one attached hydrogen (secondary N) is 1. The van der Waals surface area contributed by atoms with Gasteiger partial charge in [-0.25, -0.2) is 0 Å². The minimum Gasteiger partial charge on any atom is -0.316 e. The zero-order valence-corrected chi connectivity index (χ0v) is 9.37. The summed E-state index contributed by atoms with van der Waals surface area (Å²) in [6, 6.07) is 5.53. The monoisotopic (exact) mass is 247 g/mol. The first-order chi connectivity index (χ1) is 7.55. The molecule has 0 saturated carbocycles. The third-order valence-electron chi connectivity index (χ3n) is 2.48. The van der Waals surface area contributed by atoms with Gasteiger partial charge in [0.05, 0.1) is 5.56 Å². The summed E-state index contributed by atoms with van der Waals surface area (Å²) in [5.41, 5.74) is -0.566. The second kappa shape index (κ2) is 4.67. The van der Waals surface area contributed by atoms with Crippen LogP contribution < -0.4 is 5.32 Å². The van der Waals surface area contributed by atoms with Crippen LogP contribution >= 0.6 is 11.8 Å². The number of hydrogen-bond acceptors (Lipinski definition) is 2. The van der Waals surface area contributed by atoms with Crippen LogP contribution in [0, 0.1) is 0 Å². The Morgan fingerprint density at radius 1 is 1.31 bits per heavy atom. The van der Waals surface area contributed by atoms with E-state index in [1.807, 2.05) is 0 Å². The molecule has 1 nitrogen and oxygen atoms in total. The fraction of sp³-hybridized carbons (Fsp3) is 0.455. The standard InChI is InChI=1S/C11H12F3NS/c12-11(13,14)8-2-1-3-9(6-8)16-10-4-5-15-7-10/h1-3,6,10,15H,4-5,7H2/t10-/m0/s1. The van der Waals surface area contributed by atoms with Gasteiger partial charge in [-0.2, -0.15) is 13.2 Å². The van der Waals surface area contributed by atoms with Crippen LogP contribution in [0.15, 0.2) is 29.2 Å². The van der Waals surface area contributed by atoms with Crippen molar-refractivity contribution in [1.82, 2.24) is 5.32 Å². The molecule has 2 rings (SSSR count). The molecule has 0 aliphatic carbocycles. The fourth-order valence-corrected chi connectivity index (χ4v) is 2.84. The molecule has 16 heavy (non-hydrogen) atoms. The average Bonchev–Trinajstić information content (AvgIpc) is 2.70. The van der Waals surface area contributed by atoms with Crippen molar-refractivity contribution < 1.29 is 13.2 Å². The highest BCUT2D eigenvalue weighted by Crippen LogP contribution is 2.33. The van der Waals surface area contributed by atoms with Crippen LogP contribution in [0.25, 0.3) is 0 Å². The maximum absolute atomic E-state index is 12.5. The Balaban J connectivity index is 2.09. The predicted molar refractivity (Wildman–Crippen MR) is 58.6 cm³/mol. The first-order valence-corrected chi connectivity index (χ1v) is 5.98. The van der Waals surface area contributed by atoms with E-state index in [0.717, 1.165) is 25.6 Å². The lowest BCUT2D eigenvalue weighted by Gasteiger charge is -2.11. The molecule has 0 unspecified atom stereocenters. The number of alkyl halides is 3. The summed E-state index contributed by atoms with van der Waals surface area (Å²) >= 11 is 1.52. The molecular formula is C11H12F3NS. The van der Waals surface area contributed by atoms with Crippen LogP contribution in [0.2, 0.25) is 0 Å². The molecule has 1 aromatic rings. The maximum Gasteiger partial charge on any atom is 0.416 e. The van der Waals surface area contributed by atoms with Gasteiger partial charge in [0.2, 0.25) is 0 Å². The Labute approximate surface area is 96.4 Å². The Bertz CT molecular complexity index is 358. The Kier molecular flexibility index (Phi) is 3.44. The van der Waals surface area contributed by atoms with Gasteiger partial charge in [-0.05, 0) is 31.2 Å². The highest BCUT2D eigenvalue weighted by atomic mass is 32.2. The van der Waals surface area contributed by atoms with E-state index in [9.17, 15) is 13.2 Å². The lowest BCUT2D eigenvalue weighted by Crippen LogP contribution is -2.10. The molecule has 1 fully saturated rings. The molecule has 0 radical (unpaired) electrons. The van der Waals surface area contributed by atoms with Gasteiger partial charge in [0.15, 0.2) is 0 Å². The van der Waals surface area contributed by atoms with Gasteiger partial charge in [0.25, 0.3) is 0 Å². The van der Waals surface area contributed by atoms with E-state index < -0.39 is 11.7 Å². The molecular weight excluding hydrogens is 235 g/mol. The zero-order chi connectivity index (χ0) is 11.6. The molecule has 0 amide bonds. The molecule has 1 saturated heterocycles. The normalized spacial score (nSPS) is 21.3. The van der Waals surface area contributed by atoms with Gasteiger partial charge in [-0.15, -0.1) is 11.8 Å². The summed E-state index contributed by atoms with van der Waals surface area (Å²) in [6.07, 6.45) is -3.23. The van der Waals surface area contributed by atoms with Crippen molar-refractivity contribution in [2.24, 2.45) is 0 Å². The molecule has 1 aliphatic heterocycles. The summed E-state index contributed by atoms with van der Waals surface area (Å²) in [5, 5.41) is 3.59. The van der Waals surface area contributed by atoms with Crippen LogP contribution in [0.4, 0.5) is 13.2 Å². The van der Waals surface area contributed by atoms with Crippen LogP contribution in [0.3, 0.4) is 0 Å². The minimum absolute atomic E-state index is 0.392. The van der Waals surface area contributed by atoms with Crippen molar-refractivity contribution in [3.63, 3.8) is 0 Å². The molecule has 1 aliphatic rings. The molecule has 1 N–H and O–H groups in total. The Hall–Kier alpha value is -0.680. The van der Waals surface area contributed by atoms with Crippen molar-refractivity contribution in [2.75, 3.05) is 13.1 Å². The van der Waals surface area contributed by atoms with E-state index in [0.29, 0.717) is 10.1 Å². The van der Waals surface area contributed by atoms with Gasteiger partial charge in [0, 0.05) is 16.7 Å². The predicted octanol–water partition coefficient (Wildman–Crippen LogP) is 3.16. The Morgan fingerprint density at radius 2 is 2.12 bits per heavy atom. The topological polar surface area (TPSA) is 12.0 Å². The molecule has 1 heterocycles. The molecule has 1 atom stereocenters. The van der Waals surface area contributed by atoms with Crippen molar-refractivity contribution in [1.29, 1.82) is 0 Å². The third kappa shape index (κ3) is 2.92. The van der Waals surface area contributed by atoms with E-state index in [-0.39, 0.29) is 0 Å². The summed E-state index contributed by atoms with van der Waals surface area (Å²) in [5.74, 6) is 0. The molecule has 5 heteroatoms. The number of thioether (sulfide) groups is 1. The first-order valence-electron chi connectivity index (χ1n) is 5.10. The van der Waals surface area contributed by atoms with E-state index in [2.05, 4.69) is 5.32 Å². The smallest absolute Gasteiger partial charge is 0.316 e. The van der Waals surface area contributed by atoms with E-state index in [4.69, 9.17) is 0 Å². The first kappa shape index (κ1) is 11.8. The van der Waals surface area contributed by atoms with Gasteiger partial charge in [-0.3, -0.25) is 0 Å². The summed E-state index contributed by atoms with van der Waals surface area (Å²) in [4.78, 5) is 0.698. The summed E-state index contributed by atoms with van der Waals surface area (Å²) in [6.45, 7) is 1.83. The van der Waals surface area contributed by atoms with Crippen molar-refractivity contribution >= 4 is 11.8 Å². The SMILES string of the molecule is FC(F)(F)c1cccc(S[C@H]2CCNC2)c1. The lowest BCUT2D eigenvalue weighted by molar-refractivity contribution is -0.137. The maximum atomic E-state index is 12.5. The zero-order valence-electron chi connectivity index (χ0n) is 8.55. The summed E-state index contributed by atoms with van der Waals surface area (Å²) in [7, 11) is 0. The van der Waals surface area contributed by atoms with Crippen molar-refractivity contribution in [3.8, 4) is 0 Å². The largest absolute Gasteiger partial charge is 0.416 e. The van der Waals surface area contributed by atoms with Crippen LogP contribution in [-0.4, -0.2) is 18.3 Å². The molecule has 1 aromatic carbocycles. The molecule has 0 spiro atoms. The number of hydrogen-bond donors (Lipinski definition) is 1. The Morgan fingerprint density at radius 3 is 2.75 bits per heavy atom. The number of rotatable bonds is 2. The fourth-order valence-electron chi connectivity index (χ4n) is 1.67. The van der Waals surface area contributed by atoms with E-state index in [1.54, 1.807) is 6.07 Å². The minimum atomic E-state index is -4.25. The average molecular weight is 247 g/mol. The molecule has 0 aromatic heterocycles. The lowest BCUT2D eigenvalue weighted by atomic mass is 10.2. The van der Waals surface area contributed by atoms with Crippen LogP contribution in [-0.2, 0) is 6.18 Å². The highest BCUT2D eigenvalue weighted by Gasteiger charge is 2.30. The van der Waals surface area contributed by atoms with E-state index in [1.165, 1.54) is 23.9 Å². The van der Waals surface area contributed by atoms with Gasteiger partial charge >= 0.3 is 6.18 Å². The van der Waals surface area contributed by atoms with Crippen molar-refractivity contribution in [2.45, 2.75) is 22.7 Å². The van der Waals surface area contributed by atoms with Crippen LogP contribution in [0.1, 0.15) is 12.0 Å². The molecule has 88 valence electrons. The van der Waals surface area contributed by atoms with Crippen LogP contribution in [0.5, 0.6) is 0 Å². The number of halogens is 3. The number of benzene rings is 1. The van der Waals surface area contributed by atoms with Gasteiger partial charge in [-0.1, -0.05) is 6.07 Å². The highest BCUT2D eigenvalue weighted by molar-refractivity contribution is 8.00. The summed E-state index contributed by atoms with van der Waals surface area (Å²) < 4.78 is 37.4. The second-order valence-electron chi connectivity index (χ2n) is 3.76. The molecule has 0 bridgehead atoms. The van der Waals surface area contributed by atoms with Gasteiger partial charge in [0.1, 0.15) is 0 Å². The third-order valence-corrected chi connectivity index (χ3v) is 3.74.